The number of carboxylic acids is 1. The average molecular weight is 466 g/mol. The molecule has 2 aliphatic rings. The number of nitro benzene ring substituents is 2. The summed E-state index contributed by atoms with van der Waals surface area (Å²) < 4.78 is 4.82. The van der Waals surface area contributed by atoms with Gasteiger partial charge in [-0.25, -0.2) is 4.79 Å². The number of benzene rings is 1. The van der Waals surface area contributed by atoms with E-state index >= 15 is 0 Å². The molecule has 1 aromatic rings. The van der Waals surface area contributed by atoms with E-state index in [2.05, 4.69) is 5.32 Å². The number of non-ortho nitro benzene ring substituents is 2. The van der Waals surface area contributed by atoms with Gasteiger partial charge in [-0.1, -0.05) is 0 Å². The van der Waals surface area contributed by atoms with Gasteiger partial charge in [0.2, 0.25) is 0 Å². The fourth-order valence-electron chi connectivity index (χ4n) is 3.14. The first-order valence-electron chi connectivity index (χ1n) is 8.79. The van der Waals surface area contributed by atoms with Gasteiger partial charge in [0.1, 0.15) is 23.7 Å². The predicted molar refractivity (Wildman–Crippen MR) is 105 cm³/mol. The van der Waals surface area contributed by atoms with Crippen LogP contribution >= 0.6 is 11.8 Å². The van der Waals surface area contributed by atoms with E-state index in [1.807, 2.05) is 0 Å². The number of β-lactam (4-membered cyclic amide) rings is 1. The number of carboxylic acid groups (broad SMARTS) is 1. The summed E-state index contributed by atoms with van der Waals surface area (Å²) in [6, 6.07) is 1.20. The molecular weight excluding hydrogens is 452 g/mol. The Morgan fingerprint density at radius 2 is 1.81 bits per heavy atom. The Morgan fingerprint density at radius 1 is 1.22 bits per heavy atom. The summed E-state index contributed by atoms with van der Waals surface area (Å²) in [4.78, 5) is 69.0. The Hall–Kier alpha value is -4.01. The average Bonchev–Trinajstić information content (AvgIpc) is 2.74. The third-order valence-electron chi connectivity index (χ3n) is 4.57. The molecule has 2 aliphatic heterocycles. The van der Waals surface area contributed by atoms with Crippen molar-refractivity contribution in [2.75, 3.05) is 12.4 Å². The zero-order valence-electron chi connectivity index (χ0n) is 16.2. The molecule has 1 fully saturated rings. The molecule has 3 rings (SSSR count). The molecule has 2 atom stereocenters. The summed E-state index contributed by atoms with van der Waals surface area (Å²) in [6.07, 6.45) is 0. The van der Waals surface area contributed by atoms with Crippen LogP contribution in [0.2, 0.25) is 0 Å². The molecule has 2 N–H and O–H groups in total. The highest BCUT2D eigenvalue weighted by Crippen LogP contribution is 2.40. The Bertz CT molecular complexity index is 1070. The number of nitrogens with one attached hydrogen (secondary N) is 1. The van der Waals surface area contributed by atoms with Crippen molar-refractivity contribution in [2.24, 2.45) is 0 Å². The van der Waals surface area contributed by atoms with E-state index in [0.29, 0.717) is 6.07 Å². The van der Waals surface area contributed by atoms with Crippen molar-refractivity contribution < 1.29 is 38.9 Å². The van der Waals surface area contributed by atoms with Gasteiger partial charge in [-0.05, 0) is 0 Å². The van der Waals surface area contributed by atoms with Crippen LogP contribution in [0.5, 0.6) is 0 Å². The molecule has 32 heavy (non-hydrogen) atoms. The van der Waals surface area contributed by atoms with Crippen molar-refractivity contribution in [2.45, 2.75) is 18.3 Å². The maximum absolute atomic E-state index is 12.6. The molecule has 1 saturated heterocycles. The van der Waals surface area contributed by atoms with Crippen LogP contribution in [-0.2, 0) is 19.1 Å². The number of amides is 2. The number of esters is 1. The van der Waals surface area contributed by atoms with E-state index in [9.17, 15) is 44.5 Å². The second-order valence-corrected chi connectivity index (χ2v) is 7.76. The van der Waals surface area contributed by atoms with Gasteiger partial charge < -0.3 is 15.2 Å². The minimum absolute atomic E-state index is 0.109. The first kappa shape index (κ1) is 22.7. The fraction of sp³-hybridized carbons (Fsp3) is 0.294. The summed E-state index contributed by atoms with van der Waals surface area (Å²) in [6.45, 7) is 0.841. The number of carbonyl (C=O) groups excluding carboxylic acids is 3. The van der Waals surface area contributed by atoms with Gasteiger partial charge in [-0.15, -0.1) is 11.8 Å². The zero-order valence-corrected chi connectivity index (χ0v) is 17.0. The van der Waals surface area contributed by atoms with Crippen molar-refractivity contribution in [3.63, 3.8) is 0 Å². The van der Waals surface area contributed by atoms with Gasteiger partial charge in [-0.2, -0.15) is 0 Å². The minimum atomic E-state index is -1.41. The molecule has 2 amide bonds. The molecular formula is C17H14N4O10S. The Labute approximate surface area is 182 Å². The number of thioether (sulfide) groups is 1. The molecule has 1 aromatic carbocycles. The summed E-state index contributed by atoms with van der Waals surface area (Å²) in [5.41, 5.74) is -1.89. The Kier molecular flexibility index (Phi) is 6.11. The van der Waals surface area contributed by atoms with Crippen molar-refractivity contribution >= 4 is 46.9 Å². The highest BCUT2D eigenvalue weighted by molar-refractivity contribution is 8.00. The van der Waals surface area contributed by atoms with Crippen LogP contribution in [0.15, 0.2) is 29.5 Å². The number of hydrogen-bond donors (Lipinski definition) is 2. The van der Waals surface area contributed by atoms with E-state index < -0.39 is 62.0 Å². The molecule has 0 unspecified atom stereocenters. The molecule has 0 spiro atoms. The van der Waals surface area contributed by atoms with E-state index in [4.69, 9.17) is 4.74 Å². The highest BCUT2D eigenvalue weighted by atomic mass is 32.2. The van der Waals surface area contributed by atoms with Crippen LogP contribution in [-0.4, -0.2) is 67.4 Å². The number of hydrogen-bond acceptors (Lipinski definition) is 10. The van der Waals surface area contributed by atoms with Crippen molar-refractivity contribution in [1.29, 1.82) is 0 Å². The first-order chi connectivity index (χ1) is 15.0. The SMILES string of the molecule is CC(=O)OCC1=C(C(=O)O)N2C(=O)[C@H](NC(=O)c3cc([N+](=O)[O-])cc([N+](=O)[O-])c3)[C@@H]2SC1. The lowest BCUT2D eigenvalue weighted by Crippen LogP contribution is -2.70. The Morgan fingerprint density at radius 3 is 2.31 bits per heavy atom. The number of rotatable bonds is 7. The molecule has 2 heterocycles. The zero-order chi connectivity index (χ0) is 23.7. The monoisotopic (exact) mass is 466 g/mol. The summed E-state index contributed by atoms with van der Waals surface area (Å²) >= 11 is 1.12. The number of aliphatic carboxylic acids is 1. The van der Waals surface area contributed by atoms with Gasteiger partial charge in [-0.3, -0.25) is 39.5 Å². The van der Waals surface area contributed by atoms with Crippen LogP contribution in [0.1, 0.15) is 17.3 Å². The lowest BCUT2D eigenvalue weighted by Gasteiger charge is -2.49. The van der Waals surface area contributed by atoms with Gasteiger partial charge in [0, 0.05) is 30.4 Å². The molecule has 0 aromatic heterocycles. The summed E-state index contributed by atoms with van der Waals surface area (Å²) in [5.74, 6) is -3.65. The van der Waals surface area contributed by atoms with E-state index in [0.717, 1.165) is 35.7 Å². The number of ether oxygens (including phenoxy) is 1. The van der Waals surface area contributed by atoms with Crippen molar-refractivity contribution in [1.82, 2.24) is 10.2 Å². The number of nitro groups is 2. The molecule has 0 bridgehead atoms. The standard InChI is InChI=1S/C17H14N4O10S/c1-7(22)31-5-9-6-32-16-12(15(24)19(16)13(9)17(25)26)18-14(23)8-2-10(20(27)28)4-11(3-8)21(29)30/h2-4,12,16H,5-6H2,1H3,(H,18,23)(H,25,26)/t12-,16-/m0/s1. The number of nitrogens with zero attached hydrogens (tertiary/aromatic N) is 3. The van der Waals surface area contributed by atoms with Gasteiger partial charge >= 0.3 is 11.9 Å². The normalized spacial score (nSPS) is 19.5. The van der Waals surface area contributed by atoms with Crippen LogP contribution < -0.4 is 5.32 Å². The largest absolute Gasteiger partial charge is 0.477 e. The predicted octanol–water partition coefficient (Wildman–Crippen LogP) is 0.418. The van der Waals surface area contributed by atoms with Crippen molar-refractivity contribution in [3.8, 4) is 0 Å². The maximum atomic E-state index is 12.6. The van der Waals surface area contributed by atoms with Crippen LogP contribution in [0, 0.1) is 20.2 Å². The molecule has 15 heteroatoms. The molecule has 0 aliphatic carbocycles. The lowest BCUT2D eigenvalue weighted by atomic mass is 10.0. The minimum Gasteiger partial charge on any atom is -0.477 e. The first-order valence-corrected chi connectivity index (χ1v) is 9.84. The maximum Gasteiger partial charge on any atom is 0.352 e. The van der Waals surface area contributed by atoms with Crippen molar-refractivity contribution in [3.05, 3.63) is 55.3 Å². The second kappa shape index (κ2) is 8.62. The highest BCUT2D eigenvalue weighted by Gasteiger charge is 2.54. The molecule has 14 nitrogen and oxygen atoms in total. The quantitative estimate of drug-likeness (QED) is 0.244. The van der Waals surface area contributed by atoms with Crippen LogP contribution in [0.25, 0.3) is 0 Å². The molecule has 168 valence electrons. The van der Waals surface area contributed by atoms with E-state index in [-0.39, 0.29) is 23.6 Å². The third-order valence-corrected chi connectivity index (χ3v) is 5.91. The summed E-state index contributed by atoms with van der Waals surface area (Å²) in [7, 11) is 0. The van der Waals surface area contributed by atoms with E-state index in [1.54, 1.807) is 0 Å². The van der Waals surface area contributed by atoms with E-state index in [1.165, 1.54) is 0 Å². The summed E-state index contributed by atoms with van der Waals surface area (Å²) in [5, 5.41) is 33.1. The topological polar surface area (TPSA) is 199 Å². The molecule has 0 radical (unpaired) electrons. The van der Waals surface area contributed by atoms with Gasteiger partial charge in [0.05, 0.1) is 21.5 Å². The van der Waals surface area contributed by atoms with Gasteiger partial charge in [0.25, 0.3) is 23.2 Å². The fourth-order valence-corrected chi connectivity index (χ4v) is 4.47. The van der Waals surface area contributed by atoms with Gasteiger partial charge in [0.15, 0.2) is 0 Å². The van der Waals surface area contributed by atoms with Crippen LogP contribution in [0.4, 0.5) is 11.4 Å². The number of fused-ring (bicyclic) bond motifs is 1. The number of carbonyl (C=O) groups is 4. The lowest BCUT2D eigenvalue weighted by molar-refractivity contribution is -0.394. The second-order valence-electron chi connectivity index (χ2n) is 6.65. The molecule has 0 saturated carbocycles. The van der Waals surface area contributed by atoms with Crippen LogP contribution in [0.3, 0.4) is 0 Å². The third kappa shape index (κ3) is 4.22. The Balaban J connectivity index is 1.82. The smallest absolute Gasteiger partial charge is 0.352 e.